The number of aliphatic imine (C=N–C) groups is 2. The molecule has 0 amide bonds. The number of benzene rings is 2. The maximum atomic E-state index is 12.9. The Bertz CT molecular complexity index is 882. The Morgan fingerprint density at radius 3 is 2.19 bits per heavy atom. The highest BCUT2D eigenvalue weighted by molar-refractivity contribution is 6.16. The summed E-state index contributed by atoms with van der Waals surface area (Å²) in [5.41, 5.74) is 0.321. The molecule has 134 valence electrons. The third-order valence-corrected chi connectivity index (χ3v) is 3.51. The van der Waals surface area contributed by atoms with Gasteiger partial charge in [-0.3, -0.25) is 4.99 Å². The van der Waals surface area contributed by atoms with Crippen molar-refractivity contribution in [2.45, 2.75) is 6.18 Å². The molecule has 0 radical (unpaired) electrons. The fourth-order valence-corrected chi connectivity index (χ4v) is 2.20. The predicted molar refractivity (Wildman–Crippen MR) is 94.0 cm³/mol. The first-order valence-corrected chi connectivity index (χ1v) is 7.45. The first kappa shape index (κ1) is 19.1. The van der Waals surface area contributed by atoms with E-state index in [1.807, 2.05) is 0 Å². The zero-order valence-electron chi connectivity index (χ0n) is 13.8. The molecule has 0 aliphatic rings. The van der Waals surface area contributed by atoms with Crippen molar-refractivity contribution < 1.29 is 23.1 Å². The van der Waals surface area contributed by atoms with Crippen molar-refractivity contribution in [3.63, 3.8) is 0 Å². The van der Waals surface area contributed by atoms with Crippen LogP contribution in [0.5, 0.6) is 0 Å². The van der Waals surface area contributed by atoms with Gasteiger partial charge < -0.3 is 5.11 Å². The van der Waals surface area contributed by atoms with Crippen molar-refractivity contribution >= 4 is 17.5 Å². The molecule has 26 heavy (non-hydrogen) atoms. The number of alkyl halides is 3. The molecular weight excluding hydrogens is 345 g/mol. The smallest absolute Gasteiger partial charge is 0.416 e. The number of hydrogen-bond donors (Lipinski definition) is 1. The standard InChI is InChI=1S/C19H15F3N2O2/c1-3-16(14-5-4-6-15(11-14)19(20,21)22)24-17(23-2)12-7-9-13(10-8-12)18(25)26/h3-11H,1H2,2H3,(H,25,26). The van der Waals surface area contributed by atoms with E-state index in [1.54, 1.807) is 0 Å². The van der Waals surface area contributed by atoms with Crippen LogP contribution in [0.2, 0.25) is 0 Å². The Morgan fingerprint density at radius 2 is 1.69 bits per heavy atom. The van der Waals surface area contributed by atoms with E-state index < -0.39 is 17.7 Å². The van der Waals surface area contributed by atoms with E-state index in [1.165, 1.54) is 49.5 Å². The molecule has 0 spiro atoms. The molecule has 4 nitrogen and oxygen atoms in total. The fourth-order valence-electron chi connectivity index (χ4n) is 2.20. The third-order valence-electron chi connectivity index (χ3n) is 3.51. The quantitative estimate of drug-likeness (QED) is 0.647. The largest absolute Gasteiger partial charge is 0.478 e. The highest BCUT2D eigenvalue weighted by atomic mass is 19.4. The van der Waals surface area contributed by atoms with E-state index in [-0.39, 0.29) is 22.7 Å². The van der Waals surface area contributed by atoms with Crippen molar-refractivity contribution in [2.24, 2.45) is 9.98 Å². The molecule has 2 rings (SSSR count). The second kappa shape index (κ2) is 7.77. The van der Waals surface area contributed by atoms with Gasteiger partial charge in [0.15, 0.2) is 5.84 Å². The second-order valence-electron chi connectivity index (χ2n) is 5.21. The molecule has 0 unspecified atom stereocenters. The first-order chi connectivity index (χ1) is 12.3. The number of nitrogens with zero attached hydrogens (tertiary/aromatic N) is 2. The van der Waals surface area contributed by atoms with Crippen LogP contribution in [0.25, 0.3) is 0 Å². The molecule has 1 N–H and O–H groups in total. The van der Waals surface area contributed by atoms with Gasteiger partial charge >= 0.3 is 12.1 Å². The van der Waals surface area contributed by atoms with E-state index in [2.05, 4.69) is 16.6 Å². The molecule has 0 aliphatic carbocycles. The molecule has 0 atom stereocenters. The Balaban J connectivity index is 2.43. The van der Waals surface area contributed by atoms with E-state index in [0.717, 1.165) is 12.1 Å². The summed E-state index contributed by atoms with van der Waals surface area (Å²) in [4.78, 5) is 19.2. The number of amidine groups is 1. The van der Waals surface area contributed by atoms with Crippen LogP contribution in [0.3, 0.4) is 0 Å². The summed E-state index contributed by atoms with van der Waals surface area (Å²) >= 11 is 0. The predicted octanol–water partition coefficient (Wildman–Crippen LogP) is 4.46. The molecule has 0 saturated carbocycles. The van der Waals surface area contributed by atoms with Gasteiger partial charge in [-0.05, 0) is 30.3 Å². The van der Waals surface area contributed by atoms with Crippen LogP contribution in [-0.4, -0.2) is 29.7 Å². The molecule has 0 saturated heterocycles. The lowest BCUT2D eigenvalue weighted by Crippen LogP contribution is -2.09. The number of carboxylic acids is 1. The van der Waals surface area contributed by atoms with E-state index in [9.17, 15) is 18.0 Å². The highest BCUT2D eigenvalue weighted by Gasteiger charge is 2.30. The van der Waals surface area contributed by atoms with Crippen LogP contribution in [0.1, 0.15) is 27.0 Å². The lowest BCUT2D eigenvalue weighted by Gasteiger charge is -2.09. The van der Waals surface area contributed by atoms with E-state index >= 15 is 0 Å². The van der Waals surface area contributed by atoms with Crippen molar-refractivity contribution in [2.75, 3.05) is 7.05 Å². The zero-order valence-corrected chi connectivity index (χ0v) is 13.8. The van der Waals surface area contributed by atoms with Crippen molar-refractivity contribution in [1.82, 2.24) is 0 Å². The first-order valence-electron chi connectivity index (χ1n) is 7.45. The molecule has 7 heteroatoms. The van der Waals surface area contributed by atoms with Gasteiger partial charge in [-0.15, -0.1) is 0 Å². The monoisotopic (exact) mass is 360 g/mol. The fraction of sp³-hybridized carbons (Fsp3) is 0.105. The van der Waals surface area contributed by atoms with Crippen LogP contribution in [-0.2, 0) is 6.18 Å². The van der Waals surface area contributed by atoms with Gasteiger partial charge in [0.05, 0.1) is 16.8 Å². The highest BCUT2D eigenvalue weighted by Crippen LogP contribution is 2.29. The summed E-state index contributed by atoms with van der Waals surface area (Å²) in [6.07, 6.45) is -3.12. The molecule has 0 heterocycles. The number of carbonyl (C=O) groups is 1. The number of halogens is 3. The summed E-state index contributed by atoms with van der Waals surface area (Å²) in [5, 5.41) is 8.93. The van der Waals surface area contributed by atoms with Crippen LogP contribution < -0.4 is 0 Å². The van der Waals surface area contributed by atoms with Gasteiger partial charge in [-0.1, -0.05) is 30.8 Å². The summed E-state index contributed by atoms with van der Waals surface area (Å²) in [7, 11) is 1.48. The average molecular weight is 360 g/mol. The zero-order chi connectivity index (χ0) is 19.3. The maximum absolute atomic E-state index is 12.9. The SMILES string of the molecule is C=CC(=NC(=NC)c1ccc(C(=O)O)cc1)c1cccc(C(F)(F)F)c1. The van der Waals surface area contributed by atoms with Gasteiger partial charge in [-0.2, -0.15) is 13.2 Å². The minimum Gasteiger partial charge on any atom is -0.478 e. The van der Waals surface area contributed by atoms with Gasteiger partial charge in [0.2, 0.25) is 0 Å². The maximum Gasteiger partial charge on any atom is 0.416 e. The van der Waals surface area contributed by atoms with Crippen LogP contribution in [0, 0.1) is 0 Å². The normalized spacial score (nSPS) is 12.8. The number of rotatable bonds is 4. The summed E-state index contributed by atoms with van der Waals surface area (Å²) in [6, 6.07) is 10.6. The van der Waals surface area contributed by atoms with Crippen molar-refractivity contribution in [1.29, 1.82) is 0 Å². The van der Waals surface area contributed by atoms with Crippen molar-refractivity contribution in [3.05, 3.63) is 83.4 Å². The molecular formula is C19H15F3N2O2. The number of aromatic carboxylic acids is 1. The van der Waals surface area contributed by atoms with Gasteiger partial charge in [0.25, 0.3) is 0 Å². The summed E-state index contributed by atoms with van der Waals surface area (Å²) in [5.74, 6) is -0.819. The molecule has 0 aromatic heterocycles. The lowest BCUT2D eigenvalue weighted by atomic mass is 10.1. The Hall–Kier alpha value is -3.22. The Morgan fingerprint density at radius 1 is 1.08 bits per heavy atom. The summed E-state index contributed by atoms with van der Waals surface area (Å²) in [6.45, 7) is 3.60. The van der Waals surface area contributed by atoms with Crippen LogP contribution in [0.4, 0.5) is 13.2 Å². The van der Waals surface area contributed by atoms with E-state index in [4.69, 9.17) is 5.11 Å². The molecule has 0 bridgehead atoms. The van der Waals surface area contributed by atoms with Crippen LogP contribution in [0.15, 0.2) is 71.2 Å². The number of allylic oxidation sites excluding steroid dienone is 1. The Labute approximate surface area is 148 Å². The Kier molecular flexibility index (Phi) is 5.71. The van der Waals surface area contributed by atoms with Gasteiger partial charge in [0, 0.05) is 18.2 Å². The van der Waals surface area contributed by atoms with Gasteiger partial charge in [-0.25, -0.2) is 9.79 Å². The molecule has 0 fully saturated rings. The third kappa shape index (κ3) is 4.44. The lowest BCUT2D eigenvalue weighted by molar-refractivity contribution is -0.137. The van der Waals surface area contributed by atoms with Crippen molar-refractivity contribution in [3.8, 4) is 0 Å². The topological polar surface area (TPSA) is 62.0 Å². The minimum atomic E-state index is -4.46. The van der Waals surface area contributed by atoms with Crippen LogP contribution >= 0.6 is 0 Å². The average Bonchev–Trinajstić information content (AvgIpc) is 2.62. The van der Waals surface area contributed by atoms with Gasteiger partial charge in [0.1, 0.15) is 0 Å². The molecule has 2 aromatic rings. The summed E-state index contributed by atoms with van der Waals surface area (Å²) < 4.78 is 38.7. The molecule has 2 aromatic carbocycles. The minimum absolute atomic E-state index is 0.106. The molecule has 0 aliphatic heterocycles. The number of carboxylic acid groups (broad SMARTS) is 1. The second-order valence-corrected chi connectivity index (χ2v) is 5.21. The number of hydrogen-bond acceptors (Lipinski definition) is 2. The van der Waals surface area contributed by atoms with E-state index in [0.29, 0.717) is 5.56 Å².